The number of nitrogens with one attached hydrogen (secondary N) is 1. The van der Waals surface area contributed by atoms with Gasteiger partial charge < -0.3 is 20.1 Å². The average molecular weight is 284 g/mol. The molecular formula is C14H24N2O4. The zero-order valence-corrected chi connectivity index (χ0v) is 12.1. The molecule has 0 spiro atoms. The minimum absolute atomic E-state index is 0.271. The molecule has 2 atom stereocenters. The first kappa shape index (κ1) is 15.1. The summed E-state index contributed by atoms with van der Waals surface area (Å²) in [5.74, 6) is -0.587. The SMILES string of the molecule is CC1CCCC(NC(=O)N2CCCOCC2)(C(=O)O)C1. The summed E-state index contributed by atoms with van der Waals surface area (Å²) in [4.78, 5) is 25.6. The highest BCUT2D eigenvalue weighted by Crippen LogP contribution is 2.32. The molecule has 2 fully saturated rings. The van der Waals surface area contributed by atoms with Gasteiger partial charge in [0, 0.05) is 19.7 Å². The van der Waals surface area contributed by atoms with Crippen LogP contribution in [0.15, 0.2) is 0 Å². The molecule has 6 nitrogen and oxygen atoms in total. The summed E-state index contributed by atoms with van der Waals surface area (Å²) < 4.78 is 5.32. The largest absolute Gasteiger partial charge is 0.480 e. The maximum atomic E-state index is 12.3. The second-order valence-electron chi connectivity index (χ2n) is 5.97. The lowest BCUT2D eigenvalue weighted by atomic mass is 9.76. The van der Waals surface area contributed by atoms with Crippen molar-refractivity contribution in [3.8, 4) is 0 Å². The third kappa shape index (κ3) is 3.42. The van der Waals surface area contributed by atoms with E-state index in [9.17, 15) is 14.7 Å². The van der Waals surface area contributed by atoms with Crippen molar-refractivity contribution < 1.29 is 19.4 Å². The molecule has 2 aliphatic rings. The van der Waals surface area contributed by atoms with Crippen LogP contribution in [0.5, 0.6) is 0 Å². The Hall–Kier alpha value is -1.30. The van der Waals surface area contributed by atoms with Crippen molar-refractivity contribution in [2.75, 3.05) is 26.3 Å². The smallest absolute Gasteiger partial charge is 0.329 e. The first-order chi connectivity index (χ1) is 9.53. The Bertz CT molecular complexity index is 366. The fourth-order valence-electron chi connectivity index (χ4n) is 3.15. The van der Waals surface area contributed by atoms with Crippen LogP contribution in [0, 0.1) is 5.92 Å². The quantitative estimate of drug-likeness (QED) is 0.804. The van der Waals surface area contributed by atoms with Crippen molar-refractivity contribution in [1.29, 1.82) is 0 Å². The molecule has 1 heterocycles. The lowest BCUT2D eigenvalue weighted by molar-refractivity contribution is -0.146. The zero-order valence-electron chi connectivity index (χ0n) is 12.1. The van der Waals surface area contributed by atoms with E-state index in [0.29, 0.717) is 45.1 Å². The number of carboxylic acids is 1. The fourth-order valence-corrected chi connectivity index (χ4v) is 3.15. The predicted octanol–water partition coefficient (Wildman–Crippen LogP) is 1.45. The van der Waals surface area contributed by atoms with Gasteiger partial charge in [-0.15, -0.1) is 0 Å². The van der Waals surface area contributed by atoms with E-state index in [4.69, 9.17) is 4.74 Å². The Morgan fingerprint density at radius 3 is 2.80 bits per heavy atom. The van der Waals surface area contributed by atoms with Crippen LogP contribution in [0.2, 0.25) is 0 Å². The minimum Gasteiger partial charge on any atom is -0.480 e. The molecule has 1 saturated heterocycles. The second-order valence-corrected chi connectivity index (χ2v) is 5.97. The third-order valence-corrected chi connectivity index (χ3v) is 4.26. The van der Waals surface area contributed by atoms with Crippen LogP contribution < -0.4 is 5.32 Å². The van der Waals surface area contributed by atoms with Gasteiger partial charge in [-0.3, -0.25) is 0 Å². The van der Waals surface area contributed by atoms with Crippen LogP contribution in [0.25, 0.3) is 0 Å². The summed E-state index contributed by atoms with van der Waals surface area (Å²) in [6, 6.07) is -0.271. The van der Waals surface area contributed by atoms with Gasteiger partial charge in [0.1, 0.15) is 5.54 Å². The van der Waals surface area contributed by atoms with Crippen molar-refractivity contribution in [3.05, 3.63) is 0 Å². The molecule has 0 aromatic carbocycles. The van der Waals surface area contributed by atoms with Gasteiger partial charge in [0.2, 0.25) is 0 Å². The molecule has 1 aliphatic heterocycles. The molecule has 0 aromatic heterocycles. The Labute approximate surface area is 119 Å². The lowest BCUT2D eigenvalue weighted by Gasteiger charge is -2.38. The van der Waals surface area contributed by atoms with Crippen molar-refractivity contribution in [2.24, 2.45) is 5.92 Å². The topological polar surface area (TPSA) is 78.9 Å². The van der Waals surface area contributed by atoms with Crippen LogP contribution in [0.1, 0.15) is 39.0 Å². The van der Waals surface area contributed by atoms with Gasteiger partial charge in [-0.05, 0) is 25.2 Å². The Balaban J connectivity index is 2.03. The molecule has 0 radical (unpaired) electrons. The monoisotopic (exact) mass is 284 g/mol. The van der Waals surface area contributed by atoms with Crippen LogP contribution in [0.3, 0.4) is 0 Å². The van der Waals surface area contributed by atoms with Crippen molar-refractivity contribution in [1.82, 2.24) is 10.2 Å². The molecule has 114 valence electrons. The number of hydrogen-bond donors (Lipinski definition) is 2. The predicted molar refractivity (Wildman–Crippen MR) is 73.5 cm³/mol. The number of rotatable bonds is 2. The molecule has 6 heteroatoms. The molecule has 0 aromatic rings. The highest BCUT2D eigenvalue weighted by Gasteiger charge is 2.43. The number of hydrogen-bond acceptors (Lipinski definition) is 3. The number of ether oxygens (including phenoxy) is 1. The van der Waals surface area contributed by atoms with E-state index in [2.05, 4.69) is 5.32 Å². The van der Waals surface area contributed by atoms with Crippen molar-refractivity contribution in [2.45, 2.75) is 44.6 Å². The highest BCUT2D eigenvalue weighted by molar-refractivity contribution is 5.86. The standard InChI is InChI=1S/C14H24N2O4/c1-11-4-2-5-14(10-11,12(17)18)15-13(19)16-6-3-8-20-9-7-16/h11H,2-10H2,1H3,(H,15,19)(H,17,18). The number of carboxylic acid groups (broad SMARTS) is 1. The van der Waals surface area contributed by atoms with Gasteiger partial charge in [-0.25, -0.2) is 9.59 Å². The molecule has 2 unspecified atom stereocenters. The number of nitrogens with zero attached hydrogens (tertiary/aromatic N) is 1. The van der Waals surface area contributed by atoms with Gasteiger partial charge in [-0.2, -0.15) is 0 Å². The first-order valence-electron chi connectivity index (χ1n) is 7.42. The Morgan fingerprint density at radius 2 is 2.10 bits per heavy atom. The minimum atomic E-state index is -1.10. The summed E-state index contributed by atoms with van der Waals surface area (Å²) in [5, 5.41) is 12.3. The summed E-state index contributed by atoms with van der Waals surface area (Å²) in [7, 11) is 0. The average Bonchev–Trinajstić information content (AvgIpc) is 2.67. The number of urea groups is 1. The van der Waals surface area contributed by atoms with E-state index in [0.717, 1.165) is 19.3 Å². The van der Waals surface area contributed by atoms with Crippen LogP contribution in [-0.2, 0) is 9.53 Å². The van der Waals surface area contributed by atoms with Gasteiger partial charge in [0.05, 0.1) is 6.61 Å². The molecule has 2 amide bonds. The van der Waals surface area contributed by atoms with E-state index < -0.39 is 11.5 Å². The number of carbonyl (C=O) groups is 2. The van der Waals surface area contributed by atoms with E-state index in [1.807, 2.05) is 6.92 Å². The number of carbonyl (C=O) groups excluding carboxylic acids is 1. The molecule has 2 N–H and O–H groups in total. The second kappa shape index (κ2) is 6.43. The van der Waals surface area contributed by atoms with Crippen LogP contribution in [-0.4, -0.2) is 53.8 Å². The maximum absolute atomic E-state index is 12.3. The van der Waals surface area contributed by atoms with Gasteiger partial charge in [0.25, 0.3) is 0 Å². The summed E-state index contributed by atoms with van der Waals surface area (Å²) >= 11 is 0. The Kier molecular flexibility index (Phi) is 4.86. The number of aliphatic carboxylic acids is 1. The molecule has 0 bridgehead atoms. The van der Waals surface area contributed by atoms with E-state index >= 15 is 0 Å². The molecule has 20 heavy (non-hydrogen) atoms. The normalized spacial score (nSPS) is 31.4. The number of amides is 2. The molecule has 1 saturated carbocycles. The third-order valence-electron chi connectivity index (χ3n) is 4.26. The summed E-state index contributed by atoms with van der Waals surface area (Å²) in [5.41, 5.74) is -1.10. The van der Waals surface area contributed by atoms with Gasteiger partial charge in [-0.1, -0.05) is 19.8 Å². The van der Waals surface area contributed by atoms with Gasteiger partial charge in [0.15, 0.2) is 0 Å². The highest BCUT2D eigenvalue weighted by atomic mass is 16.5. The van der Waals surface area contributed by atoms with E-state index in [-0.39, 0.29) is 6.03 Å². The zero-order chi connectivity index (χ0) is 14.6. The first-order valence-corrected chi connectivity index (χ1v) is 7.42. The Morgan fingerprint density at radius 1 is 1.30 bits per heavy atom. The van der Waals surface area contributed by atoms with Gasteiger partial charge >= 0.3 is 12.0 Å². The molecular weight excluding hydrogens is 260 g/mol. The lowest BCUT2D eigenvalue weighted by Crippen LogP contribution is -2.59. The van der Waals surface area contributed by atoms with Crippen LogP contribution >= 0.6 is 0 Å². The fraction of sp³-hybridized carbons (Fsp3) is 0.857. The van der Waals surface area contributed by atoms with Crippen molar-refractivity contribution >= 4 is 12.0 Å². The summed E-state index contributed by atoms with van der Waals surface area (Å²) in [6.45, 7) is 4.37. The van der Waals surface area contributed by atoms with E-state index in [1.165, 1.54) is 0 Å². The van der Waals surface area contributed by atoms with E-state index in [1.54, 1.807) is 4.90 Å². The summed E-state index contributed by atoms with van der Waals surface area (Å²) in [6.07, 6.45) is 3.70. The molecule has 1 aliphatic carbocycles. The van der Waals surface area contributed by atoms with Crippen molar-refractivity contribution in [3.63, 3.8) is 0 Å². The van der Waals surface area contributed by atoms with Crippen LogP contribution in [0.4, 0.5) is 4.79 Å². The molecule has 2 rings (SSSR count). The maximum Gasteiger partial charge on any atom is 0.329 e.